The second kappa shape index (κ2) is 10.9. The van der Waals surface area contributed by atoms with Crippen LogP contribution >= 0.6 is 0 Å². The Balaban J connectivity index is 2.59. The summed E-state index contributed by atoms with van der Waals surface area (Å²) >= 11 is 0. The number of aliphatic carboxylic acids is 1. The summed E-state index contributed by atoms with van der Waals surface area (Å²) in [6.45, 7) is 10.2. The lowest BCUT2D eigenvalue weighted by Crippen LogP contribution is -2.58. The molecule has 0 amide bonds. The van der Waals surface area contributed by atoms with Crippen molar-refractivity contribution in [2.24, 2.45) is 17.8 Å². The molecule has 0 saturated carbocycles. The van der Waals surface area contributed by atoms with Crippen molar-refractivity contribution in [1.82, 2.24) is 0 Å². The third-order valence-corrected chi connectivity index (χ3v) is 5.85. The van der Waals surface area contributed by atoms with E-state index in [2.05, 4.69) is 6.58 Å². The zero-order chi connectivity index (χ0) is 25.8. The number of allylic oxidation sites excluding steroid dienone is 1. The van der Waals surface area contributed by atoms with Crippen molar-refractivity contribution in [1.29, 1.82) is 0 Å². The van der Waals surface area contributed by atoms with Crippen LogP contribution in [-0.4, -0.2) is 63.8 Å². The molecule has 1 aliphatic carbocycles. The highest BCUT2D eigenvalue weighted by Crippen LogP contribution is 2.40. The maximum atomic E-state index is 12.9. The summed E-state index contributed by atoms with van der Waals surface area (Å²) in [5.41, 5.74) is -2.41. The molecule has 0 aromatic rings. The first-order chi connectivity index (χ1) is 15.7. The van der Waals surface area contributed by atoms with E-state index in [1.165, 1.54) is 6.08 Å². The maximum absolute atomic E-state index is 12.9. The van der Waals surface area contributed by atoms with Crippen LogP contribution in [0, 0.1) is 17.8 Å². The second-order valence-corrected chi connectivity index (χ2v) is 9.44. The number of aliphatic hydroxyl groups is 1. The number of rotatable bonds is 7. The molecule has 0 aromatic heterocycles. The Labute approximate surface area is 197 Å². The summed E-state index contributed by atoms with van der Waals surface area (Å²) in [4.78, 5) is 61.4. The minimum Gasteiger partial charge on any atom is -0.481 e. The molecule has 34 heavy (non-hydrogen) atoms. The van der Waals surface area contributed by atoms with E-state index in [4.69, 9.17) is 19.3 Å². The van der Waals surface area contributed by atoms with Gasteiger partial charge in [0.25, 0.3) is 0 Å². The number of ketones is 1. The second-order valence-electron chi connectivity index (χ2n) is 9.44. The van der Waals surface area contributed by atoms with Gasteiger partial charge in [-0.15, -0.1) is 0 Å². The van der Waals surface area contributed by atoms with E-state index in [9.17, 15) is 29.1 Å². The third kappa shape index (κ3) is 6.53. The average Bonchev–Trinajstić information content (AvgIpc) is 2.98. The van der Waals surface area contributed by atoms with Gasteiger partial charge in [-0.1, -0.05) is 33.4 Å². The normalized spacial score (nSPS) is 32.5. The van der Waals surface area contributed by atoms with Crippen molar-refractivity contribution < 1.29 is 48.4 Å². The Hall–Kier alpha value is -3.01. The van der Waals surface area contributed by atoms with E-state index < -0.39 is 72.3 Å². The number of ether oxygens (including phenoxy) is 3. The van der Waals surface area contributed by atoms with Crippen LogP contribution in [0.2, 0.25) is 0 Å². The molecule has 2 aliphatic rings. The van der Waals surface area contributed by atoms with Crippen molar-refractivity contribution in [2.45, 2.75) is 77.3 Å². The van der Waals surface area contributed by atoms with Gasteiger partial charge in [0.2, 0.25) is 0 Å². The van der Waals surface area contributed by atoms with Crippen LogP contribution in [0.25, 0.3) is 0 Å². The van der Waals surface area contributed by atoms with Gasteiger partial charge < -0.3 is 24.4 Å². The van der Waals surface area contributed by atoms with E-state index in [0.29, 0.717) is 0 Å². The number of carboxylic acids is 1. The van der Waals surface area contributed by atoms with Gasteiger partial charge in [0.15, 0.2) is 23.6 Å². The quantitative estimate of drug-likeness (QED) is 0.313. The first-order valence-corrected chi connectivity index (χ1v) is 11.2. The Morgan fingerprint density at radius 1 is 1.21 bits per heavy atom. The van der Waals surface area contributed by atoms with Crippen molar-refractivity contribution in [3.8, 4) is 0 Å². The van der Waals surface area contributed by atoms with E-state index in [1.807, 2.05) is 0 Å². The summed E-state index contributed by atoms with van der Waals surface area (Å²) < 4.78 is 16.5. The lowest BCUT2D eigenvalue weighted by atomic mass is 9.77. The SMILES string of the molecule is C=C1C(=O)O[C@@H]2C[C@H](C)/C=C\C(=O)[C@](C)(O)[C@@H](OC(=O)CCC(=O)O)[C@@H](OC(=O)CC(C)C)[C@@H]12. The molecular formula is C24H32O10. The molecule has 0 unspecified atom stereocenters. The van der Waals surface area contributed by atoms with Gasteiger partial charge in [0, 0.05) is 12.0 Å². The Morgan fingerprint density at radius 3 is 2.44 bits per heavy atom. The molecule has 0 radical (unpaired) electrons. The standard InChI is InChI=1S/C24H32O10/c1-12(2)10-19(29)33-21-20-14(4)23(30)32-15(20)11-13(3)6-7-16(25)24(5,31)22(21)34-18(28)9-8-17(26)27/h6-7,12-13,15,20-22,31H,4,8-11H2,1-3,5H3,(H,26,27)/b7-6-/t13-,15-,20+,21+,22+,24+/m1/s1. The van der Waals surface area contributed by atoms with Crippen molar-refractivity contribution >= 4 is 29.7 Å². The first-order valence-electron chi connectivity index (χ1n) is 11.2. The van der Waals surface area contributed by atoms with Gasteiger partial charge in [-0.25, -0.2) is 4.79 Å². The van der Waals surface area contributed by atoms with Crippen LogP contribution in [0.4, 0.5) is 0 Å². The fourth-order valence-electron chi connectivity index (χ4n) is 4.02. The molecule has 10 nitrogen and oxygen atoms in total. The van der Waals surface area contributed by atoms with Gasteiger partial charge in [0.05, 0.1) is 18.8 Å². The number of carbonyl (C=O) groups excluding carboxylic acids is 4. The molecule has 188 valence electrons. The molecule has 6 atom stereocenters. The minimum atomic E-state index is -2.37. The molecule has 0 spiro atoms. The van der Waals surface area contributed by atoms with Gasteiger partial charge in [-0.3, -0.25) is 19.2 Å². The summed E-state index contributed by atoms with van der Waals surface area (Å²) in [6, 6.07) is 0. The number of esters is 3. The first kappa shape index (κ1) is 27.2. The molecule has 0 bridgehead atoms. The number of hydrogen-bond acceptors (Lipinski definition) is 9. The monoisotopic (exact) mass is 480 g/mol. The predicted molar refractivity (Wildman–Crippen MR) is 117 cm³/mol. The summed E-state index contributed by atoms with van der Waals surface area (Å²) in [7, 11) is 0. The van der Waals surface area contributed by atoms with E-state index in [1.54, 1.807) is 20.8 Å². The van der Waals surface area contributed by atoms with Crippen molar-refractivity contribution in [3.05, 3.63) is 24.3 Å². The van der Waals surface area contributed by atoms with E-state index in [0.717, 1.165) is 13.0 Å². The Morgan fingerprint density at radius 2 is 1.85 bits per heavy atom. The van der Waals surface area contributed by atoms with E-state index in [-0.39, 0.29) is 30.3 Å². The summed E-state index contributed by atoms with van der Waals surface area (Å²) in [6.07, 6.45) is -2.21. The third-order valence-electron chi connectivity index (χ3n) is 5.85. The lowest BCUT2D eigenvalue weighted by Gasteiger charge is -2.39. The Kier molecular flexibility index (Phi) is 8.77. The molecule has 1 aliphatic heterocycles. The summed E-state index contributed by atoms with van der Waals surface area (Å²) in [5.74, 6) is -5.83. The predicted octanol–water partition coefficient (Wildman–Crippen LogP) is 1.73. The molecule has 10 heteroatoms. The van der Waals surface area contributed by atoms with Gasteiger partial charge in [-0.05, 0) is 31.3 Å². The number of carboxylic acid groups (broad SMARTS) is 1. The highest BCUT2D eigenvalue weighted by molar-refractivity contribution is 5.97. The zero-order valence-corrected chi connectivity index (χ0v) is 19.8. The fraction of sp³-hybridized carbons (Fsp3) is 0.625. The largest absolute Gasteiger partial charge is 0.481 e. The lowest BCUT2D eigenvalue weighted by molar-refractivity contribution is -0.198. The molecule has 1 saturated heterocycles. The highest BCUT2D eigenvalue weighted by atomic mass is 16.6. The topological polar surface area (TPSA) is 154 Å². The van der Waals surface area contributed by atoms with Crippen molar-refractivity contribution in [3.63, 3.8) is 0 Å². The molecule has 2 rings (SSSR count). The average molecular weight is 481 g/mol. The van der Waals surface area contributed by atoms with Gasteiger partial charge in [-0.2, -0.15) is 0 Å². The molecular weight excluding hydrogens is 448 g/mol. The van der Waals surface area contributed by atoms with Gasteiger partial charge >= 0.3 is 23.9 Å². The number of carbonyl (C=O) groups is 5. The maximum Gasteiger partial charge on any atom is 0.334 e. The molecule has 1 heterocycles. The van der Waals surface area contributed by atoms with Crippen LogP contribution in [-0.2, 0) is 38.2 Å². The fourth-order valence-corrected chi connectivity index (χ4v) is 4.02. The summed E-state index contributed by atoms with van der Waals surface area (Å²) in [5, 5.41) is 20.1. The number of hydrogen-bond donors (Lipinski definition) is 2. The van der Waals surface area contributed by atoms with Crippen LogP contribution < -0.4 is 0 Å². The van der Waals surface area contributed by atoms with Gasteiger partial charge in [0.1, 0.15) is 6.10 Å². The number of fused-ring (bicyclic) bond motifs is 1. The molecule has 0 aromatic carbocycles. The highest BCUT2D eigenvalue weighted by Gasteiger charge is 2.56. The molecule has 2 N–H and O–H groups in total. The van der Waals surface area contributed by atoms with Crippen LogP contribution in [0.1, 0.15) is 53.4 Å². The van der Waals surface area contributed by atoms with Crippen LogP contribution in [0.5, 0.6) is 0 Å². The van der Waals surface area contributed by atoms with Crippen LogP contribution in [0.3, 0.4) is 0 Å². The zero-order valence-electron chi connectivity index (χ0n) is 19.8. The van der Waals surface area contributed by atoms with E-state index >= 15 is 0 Å². The van der Waals surface area contributed by atoms with Crippen molar-refractivity contribution in [2.75, 3.05) is 0 Å². The van der Waals surface area contributed by atoms with Crippen LogP contribution in [0.15, 0.2) is 24.3 Å². The minimum absolute atomic E-state index is 0.0127. The molecule has 1 fully saturated rings. The Bertz CT molecular complexity index is 884. The smallest absolute Gasteiger partial charge is 0.334 e.